The van der Waals surface area contributed by atoms with E-state index in [0.717, 1.165) is 12.8 Å². The van der Waals surface area contributed by atoms with Crippen molar-refractivity contribution in [3.63, 3.8) is 0 Å². The first-order chi connectivity index (χ1) is 6.72. The van der Waals surface area contributed by atoms with Gasteiger partial charge in [-0.3, -0.25) is 19.3 Å². The lowest BCUT2D eigenvalue weighted by Gasteiger charge is -2.05. The average molecular weight is 204 g/mol. The van der Waals surface area contributed by atoms with Crippen LogP contribution in [0.4, 0.5) is 0 Å². The van der Waals surface area contributed by atoms with Gasteiger partial charge in [-0.05, 0) is 12.8 Å². The SMILES string of the molecule is CCCONC(=O)C(=O)NOCCC. The fourth-order valence-electron chi connectivity index (χ4n) is 0.530. The zero-order valence-corrected chi connectivity index (χ0v) is 8.46. The van der Waals surface area contributed by atoms with Crippen LogP contribution in [0.25, 0.3) is 0 Å². The Labute approximate surface area is 82.9 Å². The molecule has 0 rings (SSSR count). The minimum absolute atomic E-state index is 0.370. The summed E-state index contributed by atoms with van der Waals surface area (Å²) < 4.78 is 0. The van der Waals surface area contributed by atoms with Gasteiger partial charge < -0.3 is 0 Å². The number of hydroxylamine groups is 2. The van der Waals surface area contributed by atoms with E-state index in [1.165, 1.54) is 0 Å². The topological polar surface area (TPSA) is 76.7 Å². The second kappa shape index (κ2) is 8.46. The monoisotopic (exact) mass is 204 g/mol. The zero-order valence-electron chi connectivity index (χ0n) is 8.46. The summed E-state index contributed by atoms with van der Waals surface area (Å²) in [5.74, 6) is -1.73. The molecule has 0 heterocycles. The van der Waals surface area contributed by atoms with Gasteiger partial charge in [-0.15, -0.1) is 0 Å². The molecule has 6 heteroatoms. The molecule has 0 saturated heterocycles. The molecule has 0 atom stereocenters. The Hall–Kier alpha value is -1.14. The maximum Gasteiger partial charge on any atom is 0.335 e. The smallest absolute Gasteiger partial charge is 0.273 e. The summed E-state index contributed by atoms with van der Waals surface area (Å²) in [6, 6.07) is 0. The van der Waals surface area contributed by atoms with Crippen molar-refractivity contribution in [3.8, 4) is 0 Å². The number of hydrogen-bond donors (Lipinski definition) is 2. The first kappa shape index (κ1) is 12.9. The van der Waals surface area contributed by atoms with E-state index in [-0.39, 0.29) is 0 Å². The van der Waals surface area contributed by atoms with Gasteiger partial charge in [0, 0.05) is 0 Å². The molecule has 0 aromatic carbocycles. The van der Waals surface area contributed by atoms with E-state index in [1.807, 2.05) is 24.8 Å². The van der Waals surface area contributed by atoms with Crippen molar-refractivity contribution in [1.82, 2.24) is 11.0 Å². The van der Waals surface area contributed by atoms with Crippen LogP contribution in [0.5, 0.6) is 0 Å². The van der Waals surface area contributed by atoms with E-state index in [1.54, 1.807) is 0 Å². The van der Waals surface area contributed by atoms with Crippen LogP contribution < -0.4 is 11.0 Å². The van der Waals surface area contributed by atoms with Crippen LogP contribution in [0, 0.1) is 0 Å². The van der Waals surface area contributed by atoms with Gasteiger partial charge in [0.05, 0.1) is 13.2 Å². The van der Waals surface area contributed by atoms with Crippen LogP contribution in [0.15, 0.2) is 0 Å². The largest absolute Gasteiger partial charge is 0.335 e. The lowest BCUT2D eigenvalue weighted by molar-refractivity contribution is -0.153. The quantitative estimate of drug-likeness (QED) is 0.360. The molecular weight excluding hydrogens is 188 g/mol. The van der Waals surface area contributed by atoms with Crippen LogP contribution in [0.1, 0.15) is 26.7 Å². The molecule has 2 amide bonds. The molecule has 0 aliphatic rings. The Morgan fingerprint density at radius 3 is 1.57 bits per heavy atom. The van der Waals surface area contributed by atoms with Gasteiger partial charge in [-0.1, -0.05) is 13.8 Å². The number of carbonyl (C=O) groups excluding carboxylic acids is 2. The van der Waals surface area contributed by atoms with E-state index >= 15 is 0 Å². The molecule has 14 heavy (non-hydrogen) atoms. The van der Waals surface area contributed by atoms with Crippen LogP contribution in [-0.2, 0) is 19.3 Å². The van der Waals surface area contributed by atoms with Crippen molar-refractivity contribution in [1.29, 1.82) is 0 Å². The third-order valence-corrected chi connectivity index (χ3v) is 1.15. The number of amides is 2. The molecule has 0 aliphatic carbocycles. The molecule has 2 N–H and O–H groups in total. The predicted octanol–water partition coefficient (Wildman–Crippen LogP) is -0.0980. The Kier molecular flexibility index (Phi) is 7.77. The lowest BCUT2D eigenvalue weighted by Crippen LogP contribution is -2.40. The second-order valence-corrected chi connectivity index (χ2v) is 2.56. The molecule has 0 spiro atoms. The van der Waals surface area contributed by atoms with Crippen LogP contribution in [0.3, 0.4) is 0 Å². The normalized spacial score (nSPS) is 9.57. The fraction of sp³-hybridized carbons (Fsp3) is 0.750. The highest BCUT2D eigenvalue weighted by Crippen LogP contribution is 1.78. The minimum Gasteiger partial charge on any atom is -0.273 e. The van der Waals surface area contributed by atoms with Crippen LogP contribution >= 0.6 is 0 Å². The van der Waals surface area contributed by atoms with E-state index < -0.39 is 11.8 Å². The first-order valence-corrected chi connectivity index (χ1v) is 4.56. The number of hydrogen-bond acceptors (Lipinski definition) is 4. The van der Waals surface area contributed by atoms with Crippen molar-refractivity contribution in [3.05, 3.63) is 0 Å². The highest BCUT2D eigenvalue weighted by atomic mass is 16.7. The summed E-state index contributed by atoms with van der Waals surface area (Å²) in [5.41, 5.74) is 3.96. The Morgan fingerprint density at radius 1 is 0.929 bits per heavy atom. The molecule has 0 aromatic heterocycles. The molecule has 0 fully saturated rings. The molecular formula is C8H16N2O4. The van der Waals surface area contributed by atoms with Gasteiger partial charge >= 0.3 is 11.8 Å². The highest BCUT2D eigenvalue weighted by molar-refractivity contribution is 6.34. The van der Waals surface area contributed by atoms with Crippen LogP contribution in [-0.4, -0.2) is 25.0 Å². The highest BCUT2D eigenvalue weighted by Gasteiger charge is 2.12. The summed E-state index contributed by atoms with van der Waals surface area (Å²) in [4.78, 5) is 31.1. The van der Waals surface area contributed by atoms with Crippen molar-refractivity contribution >= 4 is 11.8 Å². The number of rotatable bonds is 6. The second-order valence-electron chi connectivity index (χ2n) is 2.56. The Balaban J connectivity index is 3.50. The summed E-state index contributed by atoms with van der Waals surface area (Å²) in [5, 5.41) is 0. The van der Waals surface area contributed by atoms with Gasteiger partial charge in [0.2, 0.25) is 0 Å². The standard InChI is InChI=1S/C8H16N2O4/c1-3-5-13-9-7(11)8(12)10-14-6-4-2/h3-6H2,1-2H3,(H,9,11)(H,10,12). The van der Waals surface area contributed by atoms with Crippen molar-refractivity contribution in [2.45, 2.75) is 26.7 Å². The Morgan fingerprint density at radius 2 is 1.29 bits per heavy atom. The summed E-state index contributed by atoms with van der Waals surface area (Å²) in [6.07, 6.45) is 1.52. The van der Waals surface area contributed by atoms with Crippen molar-refractivity contribution in [2.24, 2.45) is 0 Å². The lowest BCUT2D eigenvalue weighted by atomic mass is 10.5. The van der Waals surface area contributed by atoms with E-state index in [4.69, 9.17) is 0 Å². The van der Waals surface area contributed by atoms with E-state index in [2.05, 4.69) is 9.68 Å². The van der Waals surface area contributed by atoms with Crippen LogP contribution in [0.2, 0.25) is 0 Å². The van der Waals surface area contributed by atoms with Gasteiger partial charge in [-0.2, -0.15) is 0 Å². The third-order valence-electron chi connectivity index (χ3n) is 1.15. The molecule has 82 valence electrons. The maximum atomic E-state index is 10.9. The van der Waals surface area contributed by atoms with E-state index in [9.17, 15) is 9.59 Å². The molecule has 0 unspecified atom stereocenters. The number of nitrogens with one attached hydrogen (secondary N) is 2. The molecule has 0 aromatic rings. The predicted molar refractivity (Wildman–Crippen MR) is 48.8 cm³/mol. The Bertz CT molecular complexity index is 164. The zero-order chi connectivity index (χ0) is 10.8. The van der Waals surface area contributed by atoms with Gasteiger partial charge in [0.1, 0.15) is 0 Å². The number of carbonyl (C=O) groups is 2. The van der Waals surface area contributed by atoms with E-state index in [0.29, 0.717) is 13.2 Å². The van der Waals surface area contributed by atoms with Gasteiger partial charge in [0.15, 0.2) is 0 Å². The summed E-state index contributed by atoms with van der Waals surface area (Å²) >= 11 is 0. The molecule has 0 aliphatic heterocycles. The summed E-state index contributed by atoms with van der Waals surface area (Å²) in [6.45, 7) is 4.51. The summed E-state index contributed by atoms with van der Waals surface area (Å²) in [7, 11) is 0. The van der Waals surface area contributed by atoms with Crippen molar-refractivity contribution in [2.75, 3.05) is 13.2 Å². The van der Waals surface area contributed by atoms with Crippen molar-refractivity contribution < 1.29 is 19.3 Å². The maximum absolute atomic E-state index is 10.9. The first-order valence-electron chi connectivity index (χ1n) is 4.56. The molecule has 6 nitrogen and oxygen atoms in total. The fourth-order valence-corrected chi connectivity index (χ4v) is 0.530. The minimum atomic E-state index is -0.866. The molecule has 0 bridgehead atoms. The third kappa shape index (κ3) is 6.38. The van der Waals surface area contributed by atoms with Gasteiger partial charge in [0.25, 0.3) is 0 Å². The van der Waals surface area contributed by atoms with Gasteiger partial charge in [-0.25, -0.2) is 11.0 Å². The average Bonchev–Trinajstić information content (AvgIpc) is 2.18. The molecule has 0 saturated carbocycles. The molecule has 0 radical (unpaired) electrons.